The van der Waals surface area contributed by atoms with E-state index in [1.165, 1.54) is 23.1 Å². The number of morpholine rings is 1. The van der Waals surface area contributed by atoms with Gasteiger partial charge in [-0.15, -0.1) is 17.9 Å². The third-order valence-electron chi connectivity index (χ3n) is 4.66. The highest BCUT2D eigenvalue weighted by Crippen LogP contribution is 2.28. The molecule has 0 aliphatic carbocycles. The van der Waals surface area contributed by atoms with Gasteiger partial charge in [-0.3, -0.25) is 14.2 Å². The summed E-state index contributed by atoms with van der Waals surface area (Å²) >= 11 is 2.84. The lowest BCUT2D eigenvalue weighted by Crippen LogP contribution is -2.48. The number of thiophene rings is 1. The SMILES string of the molecule is C=CCn1c(SCC(=O)N2C[C@@H](C)O[C@@H](C)C2)nc2sc(C)c(C)c2c1=O. The van der Waals surface area contributed by atoms with E-state index in [9.17, 15) is 9.59 Å². The molecule has 27 heavy (non-hydrogen) atoms. The maximum Gasteiger partial charge on any atom is 0.263 e. The monoisotopic (exact) mass is 407 g/mol. The fraction of sp³-hybridized carbons (Fsp3) is 0.526. The van der Waals surface area contributed by atoms with Crippen molar-refractivity contribution in [2.45, 2.75) is 51.6 Å². The highest BCUT2D eigenvalue weighted by molar-refractivity contribution is 7.99. The standard InChI is InChI=1S/C19H25N3O3S2/c1-6-7-22-18(24)16-13(4)14(5)27-17(16)20-19(22)26-10-15(23)21-8-11(2)25-12(3)9-21/h6,11-12H,1,7-10H2,2-5H3/t11-,12+. The van der Waals surface area contributed by atoms with Gasteiger partial charge in [-0.05, 0) is 33.3 Å². The Labute approximate surface area is 167 Å². The summed E-state index contributed by atoms with van der Waals surface area (Å²) in [5.74, 6) is 0.290. The largest absolute Gasteiger partial charge is 0.372 e. The lowest BCUT2D eigenvalue weighted by atomic mass is 10.2. The fourth-order valence-electron chi connectivity index (χ4n) is 3.31. The third kappa shape index (κ3) is 4.12. The molecule has 3 rings (SSSR count). The second-order valence-electron chi connectivity index (χ2n) is 6.91. The van der Waals surface area contributed by atoms with E-state index in [0.29, 0.717) is 30.2 Å². The molecule has 0 radical (unpaired) electrons. The summed E-state index contributed by atoms with van der Waals surface area (Å²) in [6.45, 7) is 13.2. The van der Waals surface area contributed by atoms with Crippen LogP contribution < -0.4 is 5.56 Å². The molecule has 0 unspecified atom stereocenters. The van der Waals surface area contributed by atoms with E-state index in [0.717, 1.165) is 15.3 Å². The Balaban J connectivity index is 1.85. The van der Waals surface area contributed by atoms with Crippen LogP contribution in [0.5, 0.6) is 0 Å². The summed E-state index contributed by atoms with van der Waals surface area (Å²) in [6.07, 6.45) is 1.75. The average Bonchev–Trinajstić information content (AvgIpc) is 2.89. The molecule has 3 heterocycles. The number of aryl methyl sites for hydroxylation is 2. The third-order valence-corrected chi connectivity index (χ3v) is 6.72. The highest BCUT2D eigenvalue weighted by atomic mass is 32.2. The van der Waals surface area contributed by atoms with Crippen molar-refractivity contribution in [2.75, 3.05) is 18.8 Å². The van der Waals surface area contributed by atoms with Gasteiger partial charge in [0, 0.05) is 24.5 Å². The van der Waals surface area contributed by atoms with Crippen LogP contribution in [0.1, 0.15) is 24.3 Å². The number of allylic oxidation sites excluding steroid dienone is 1. The minimum absolute atomic E-state index is 0.0354. The summed E-state index contributed by atoms with van der Waals surface area (Å²) in [5.41, 5.74) is 0.916. The van der Waals surface area contributed by atoms with Crippen LogP contribution in [-0.4, -0.2) is 51.4 Å². The number of carbonyl (C=O) groups excluding carboxylic acids is 1. The van der Waals surface area contributed by atoms with Gasteiger partial charge < -0.3 is 9.64 Å². The van der Waals surface area contributed by atoms with Gasteiger partial charge in [0.25, 0.3) is 5.56 Å². The van der Waals surface area contributed by atoms with Crippen molar-refractivity contribution in [1.82, 2.24) is 14.5 Å². The van der Waals surface area contributed by atoms with Crippen molar-refractivity contribution in [3.63, 3.8) is 0 Å². The van der Waals surface area contributed by atoms with Crippen molar-refractivity contribution in [1.29, 1.82) is 0 Å². The number of rotatable bonds is 5. The van der Waals surface area contributed by atoms with Crippen molar-refractivity contribution in [2.24, 2.45) is 0 Å². The molecule has 2 aromatic heterocycles. The van der Waals surface area contributed by atoms with E-state index in [1.54, 1.807) is 10.6 Å². The van der Waals surface area contributed by atoms with Crippen molar-refractivity contribution < 1.29 is 9.53 Å². The summed E-state index contributed by atoms with van der Waals surface area (Å²) < 4.78 is 7.30. The first-order valence-corrected chi connectivity index (χ1v) is 10.8. The molecule has 0 bridgehead atoms. The molecule has 0 N–H and O–H groups in total. The molecule has 1 fully saturated rings. The molecule has 1 amide bonds. The van der Waals surface area contributed by atoms with Crippen molar-refractivity contribution >= 4 is 39.2 Å². The van der Waals surface area contributed by atoms with E-state index in [-0.39, 0.29) is 29.4 Å². The lowest BCUT2D eigenvalue weighted by molar-refractivity contribution is -0.140. The highest BCUT2D eigenvalue weighted by Gasteiger charge is 2.26. The Morgan fingerprint density at radius 2 is 2.04 bits per heavy atom. The molecule has 8 heteroatoms. The van der Waals surface area contributed by atoms with Gasteiger partial charge in [-0.25, -0.2) is 4.98 Å². The van der Waals surface area contributed by atoms with Gasteiger partial charge >= 0.3 is 0 Å². The zero-order valence-electron chi connectivity index (χ0n) is 16.2. The average molecular weight is 408 g/mol. The second-order valence-corrected chi connectivity index (χ2v) is 9.05. The molecule has 0 saturated carbocycles. The van der Waals surface area contributed by atoms with Crippen LogP contribution in [0.3, 0.4) is 0 Å². The number of hydrogen-bond acceptors (Lipinski definition) is 6. The van der Waals surface area contributed by atoms with Crippen LogP contribution in [0.25, 0.3) is 10.2 Å². The molecular formula is C19H25N3O3S2. The number of amides is 1. The van der Waals surface area contributed by atoms with E-state index >= 15 is 0 Å². The topological polar surface area (TPSA) is 64.4 Å². The molecule has 0 spiro atoms. The maximum absolute atomic E-state index is 13.0. The Bertz CT molecular complexity index is 924. The van der Waals surface area contributed by atoms with Crippen LogP contribution >= 0.6 is 23.1 Å². The Morgan fingerprint density at radius 3 is 2.67 bits per heavy atom. The molecule has 1 aliphatic rings. The lowest BCUT2D eigenvalue weighted by Gasteiger charge is -2.35. The number of ether oxygens (including phenoxy) is 1. The molecule has 0 aromatic carbocycles. The van der Waals surface area contributed by atoms with Gasteiger partial charge in [0.05, 0.1) is 23.3 Å². The molecule has 6 nitrogen and oxygen atoms in total. The van der Waals surface area contributed by atoms with Gasteiger partial charge in [0.15, 0.2) is 5.16 Å². The quantitative estimate of drug-likeness (QED) is 0.433. The van der Waals surface area contributed by atoms with Gasteiger partial charge in [0.2, 0.25) is 5.91 Å². The van der Waals surface area contributed by atoms with Crippen LogP contribution in [0.15, 0.2) is 22.6 Å². The first kappa shape index (κ1) is 20.1. The van der Waals surface area contributed by atoms with E-state index in [1.807, 2.05) is 32.6 Å². The zero-order valence-corrected chi connectivity index (χ0v) is 17.8. The molecular weight excluding hydrogens is 382 g/mol. The predicted molar refractivity (Wildman–Crippen MR) is 111 cm³/mol. The molecule has 146 valence electrons. The van der Waals surface area contributed by atoms with Gasteiger partial charge in [0.1, 0.15) is 4.83 Å². The molecule has 2 aromatic rings. The maximum atomic E-state index is 13.0. The number of thioether (sulfide) groups is 1. The van der Waals surface area contributed by atoms with Crippen LogP contribution in [-0.2, 0) is 16.1 Å². The smallest absolute Gasteiger partial charge is 0.263 e. The van der Waals surface area contributed by atoms with E-state index in [4.69, 9.17) is 4.74 Å². The van der Waals surface area contributed by atoms with Crippen LogP contribution in [0.2, 0.25) is 0 Å². The van der Waals surface area contributed by atoms with Crippen LogP contribution in [0.4, 0.5) is 0 Å². The number of carbonyl (C=O) groups is 1. The zero-order chi connectivity index (χ0) is 19.7. The Kier molecular flexibility index (Phi) is 6.08. The fourth-order valence-corrected chi connectivity index (χ4v) is 5.29. The summed E-state index contributed by atoms with van der Waals surface area (Å²) in [4.78, 5) is 34.0. The summed E-state index contributed by atoms with van der Waals surface area (Å²) in [7, 11) is 0. The number of aromatic nitrogens is 2. The van der Waals surface area contributed by atoms with Crippen molar-refractivity contribution in [3.8, 4) is 0 Å². The minimum atomic E-state index is -0.0645. The van der Waals surface area contributed by atoms with Gasteiger partial charge in [-0.1, -0.05) is 17.8 Å². The van der Waals surface area contributed by atoms with Crippen molar-refractivity contribution in [3.05, 3.63) is 33.4 Å². The van der Waals surface area contributed by atoms with Gasteiger partial charge in [-0.2, -0.15) is 0 Å². The molecule has 2 atom stereocenters. The molecule has 1 aliphatic heterocycles. The van der Waals surface area contributed by atoms with E-state index in [2.05, 4.69) is 11.6 Å². The Morgan fingerprint density at radius 1 is 1.37 bits per heavy atom. The minimum Gasteiger partial charge on any atom is -0.372 e. The summed E-state index contributed by atoms with van der Waals surface area (Å²) in [6, 6.07) is 0. The number of nitrogens with zero attached hydrogens (tertiary/aromatic N) is 3. The molecule has 1 saturated heterocycles. The summed E-state index contributed by atoms with van der Waals surface area (Å²) in [5, 5.41) is 1.24. The van der Waals surface area contributed by atoms with Crippen LogP contribution in [0, 0.1) is 13.8 Å². The second kappa shape index (κ2) is 8.16. The van der Waals surface area contributed by atoms with E-state index < -0.39 is 0 Å². The first-order valence-electron chi connectivity index (χ1n) is 8.99. The number of fused-ring (bicyclic) bond motifs is 1. The normalized spacial score (nSPS) is 20.2. The first-order chi connectivity index (χ1) is 12.8. The Hall–Kier alpha value is -1.64. The predicted octanol–water partition coefficient (Wildman–Crippen LogP) is 2.99. The number of hydrogen-bond donors (Lipinski definition) is 0.